The summed E-state index contributed by atoms with van der Waals surface area (Å²) in [4.78, 5) is 12.3. The molecule has 2 rings (SSSR count). The highest BCUT2D eigenvalue weighted by Gasteiger charge is 2.08. The van der Waals surface area contributed by atoms with Gasteiger partial charge < -0.3 is 0 Å². The second-order valence-electron chi connectivity index (χ2n) is 5.04. The highest BCUT2D eigenvalue weighted by molar-refractivity contribution is 5.98. The molecule has 2 aromatic carbocycles. The Morgan fingerprint density at radius 2 is 2.00 bits per heavy atom. The van der Waals surface area contributed by atoms with Crippen LogP contribution in [0.15, 0.2) is 49.0 Å². The Morgan fingerprint density at radius 1 is 1.20 bits per heavy atom. The molecule has 0 aromatic heterocycles. The van der Waals surface area contributed by atoms with Crippen LogP contribution >= 0.6 is 0 Å². The first-order valence-electron chi connectivity index (χ1n) is 6.98. The van der Waals surface area contributed by atoms with Crippen LogP contribution in [0.25, 0.3) is 6.08 Å². The van der Waals surface area contributed by atoms with Gasteiger partial charge in [-0.3, -0.25) is 4.79 Å². The average Bonchev–Trinajstić information content (AvgIpc) is 2.47. The third-order valence-corrected chi connectivity index (χ3v) is 3.60. The van der Waals surface area contributed by atoms with E-state index < -0.39 is 0 Å². The monoisotopic (exact) mass is 264 g/mol. The van der Waals surface area contributed by atoms with E-state index in [9.17, 15) is 4.79 Å². The topological polar surface area (TPSA) is 17.1 Å². The fourth-order valence-corrected chi connectivity index (χ4v) is 2.39. The summed E-state index contributed by atoms with van der Waals surface area (Å²) in [5.41, 5.74) is 5.41. The number of carbonyl (C=O) groups excluding carboxylic acids is 1. The molecule has 1 heteroatoms. The molecule has 1 nitrogen and oxygen atoms in total. The summed E-state index contributed by atoms with van der Waals surface area (Å²) >= 11 is 0. The van der Waals surface area contributed by atoms with Crippen LogP contribution in [0.1, 0.15) is 39.5 Å². The lowest BCUT2D eigenvalue weighted by molar-refractivity contribution is 0.0993. The number of carbonyl (C=O) groups is 1. The molecule has 0 aliphatic rings. The first-order valence-corrected chi connectivity index (χ1v) is 6.98. The molecule has 0 bridgehead atoms. The standard InChI is InChI=1S/C19H20O/c1-4-15-7-6-8-18(12-15)19(20)13-16-9-10-17(5-2)14(3)11-16/h4,6-12H,1,5,13H2,2-3H3. The van der Waals surface area contributed by atoms with Crippen LogP contribution in [0.5, 0.6) is 0 Å². The second-order valence-corrected chi connectivity index (χ2v) is 5.04. The lowest BCUT2D eigenvalue weighted by Gasteiger charge is -2.07. The first kappa shape index (κ1) is 14.3. The van der Waals surface area contributed by atoms with E-state index in [4.69, 9.17) is 0 Å². The molecule has 0 heterocycles. The van der Waals surface area contributed by atoms with E-state index in [1.54, 1.807) is 6.08 Å². The maximum Gasteiger partial charge on any atom is 0.167 e. The summed E-state index contributed by atoms with van der Waals surface area (Å²) in [6, 6.07) is 13.9. The molecule has 102 valence electrons. The molecule has 2 aromatic rings. The van der Waals surface area contributed by atoms with E-state index >= 15 is 0 Å². The predicted molar refractivity (Wildman–Crippen MR) is 85.1 cm³/mol. The highest BCUT2D eigenvalue weighted by atomic mass is 16.1. The van der Waals surface area contributed by atoms with Gasteiger partial charge in [0.1, 0.15) is 0 Å². The average molecular weight is 264 g/mol. The third kappa shape index (κ3) is 3.24. The van der Waals surface area contributed by atoms with E-state index in [0.29, 0.717) is 6.42 Å². The number of hydrogen-bond acceptors (Lipinski definition) is 1. The van der Waals surface area contributed by atoms with Crippen LogP contribution in [-0.4, -0.2) is 5.78 Å². The fourth-order valence-electron chi connectivity index (χ4n) is 2.39. The lowest BCUT2D eigenvalue weighted by Crippen LogP contribution is -2.04. The Morgan fingerprint density at radius 3 is 2.65 bits per heavy atom. The summed E-state index contributed by atoms with van der Waals surface area (Å²) in [6.07, 6.45) is 3.24. The van der Waals surface area contributed by atoms with Crippen molar-refractivity contribution in [2.45, 2.75) is 26.7 Å². The van der Waals surface area contributed by atoms with Gasteiger partial charge >= 0.3 is 0 Å². The van der Waals surface area contributed by atoms with Crippen molar-refractivity contribution in [2.24, 2.45) is 0 Å². The van der Waals surface area contributed by atoms with Gasteiger partial charge in [-0.05, 0) is 41.7 Å². The van der Waals surface area contributed by atoms with Gasteiger partial charge in [0.25, 0.3) is 0 Å². The van der Waals surface area contributed by atoms with Crippen molar-refractivity contribution in [1.29, 1.82) is 0 Å². The lowest BCUT2D eigenvalue weighted by atomic mass is 9.97. The quantitative estimate of drug-likeness (QED) is 0.720. The third-order valence-electron chi connectivity index (χ3n) is 3.60. The summed E-state index contributed by atoms with van der Waals surface area (Å²) in [6.45, 7) is 7.98. The van der Waals surface area contributed by atoms with Crippen LogP contribution in [0.3, 0.4) is 0 Å². The smallest absolute Gasteiger partial charge is 0.167 e. The van der Waals surface area contributed by atoms with Crippen LogP contribution < -0.4 is 0 Å². The molecule has 20 heavy (non-hydrogen) atoms. The largest absolute Gasteiger partial charge is 0.294 e. The van der Waals surface area contributed by atoms with Crippen molar-refractivity contribution in [2.75, 3.05) is 0 Å². The van der Waals surface area contributed by atoms with Crippen LogP contribution in [0.4, 0.5) is 0 Å². The van der Waals surface area contributed by atoms with Crippen molar-refractivity contribution < 1.29 is 4.79 Å². The summed E-state index contributed by atoms with van der Waals surface area (Å²) in [5.74, 6) is 0.150. The zero-order chi connectivity index (χ0) is 14.5. The Bertz CT molecular complexity index is 638. The van der Waals surface area contributed by atoms with Crippen molar-refractivity contribution in [1.82, 2.24) is 0 Å². The number of rotatable bonds is 5. The Kier molecular flexibility index (Phi) is 4.52. The minimum absolute atomic E-state index is 0.150. The Hall–Kier alpha value is -2.15. The van der Waals surface area contributed by atoms with Crippen LogP contribution in [0, 0.1) is 6.92 Å². The molecular weight excluding hydrogens is 244 g/mol. The van der Waals surface area contributed by atoms with Gasteiger partial charge in [-0.25, -0.2) is 0 Å². The Labute approximate surface area is 121 Å². The predicted octanol–water partition coefficient (Wildman–Crippen LogP) is 4.63. The second kappa shape index (κ2) is 6.33. The maximum atomic E-state index is 12.3. The molecule has 0 aliphatic carbocycles. The van der Waals surface area contributed by atoms with E-state index in [-0.39, 0.29) is 5.78 Å². The summed E-state index contributed by atoms with van der Waals surface area (Å²) < 4.78 is 0. The van der Waals surface area contributed by atoms with Crippen molar-refractivity contribution in [3.63, 3.8) is 0 Å². The van der Waals surface area contributed by atoms with E-state index in [1.807, 2.05) is 24.3 Å². The minimum atomic E-state index is 0.150. The van der Waals surface area contributed by atoms with Gasteiger partial charge in [-0.15, -0.1) is 0 Å². The number of Topliss-reactive ketones (excluding diaryl/α,β-unsaturated/α-hetero) is 1. The number of aryl methyl sites for hydroxylation is 2. The molecule has 0 saturated carbocycles. The van der Waals surface area contributed by atoms with Crippen molar-refractivity contribution in [3.8, 4) is 0 Å². The summed E-state index contributed by atoms with van der Waals surface area (Å²) in [7, 11) is 0. The van der Waals surface area contributed by atoms with Gasteiger partial charge in [0.05, 0.1) is 0 Å². The molecule has 0 N–H and O–H groups in total. The SMILES string of the molecule is C=Cc1cccc(C(=O)Cc2ccc(CC)c(C)c2)c1. The molecule has 0 saturated heterocycles. The minimum Gasteiger partial charge on any atom is -0.294 e. The molecule has 0 unspecified atom stereocenters. The first-order chi connectivity index (χ1) is 9.63. The highest BCUT2D eigenvalue weighted by Crippen LogP contribution is 2.15. The number of ketones is 1. The van der Waals surface area contributed by atoms with Crippen molar-refractivity contribution >= 4 is 11.9 Å². The Balaban J connectivity index is 2.18. The van der Waals surface area contributed by atoms with E-state index in [0.717, 1.165) is 23.1 Å². The van der Waals surface area contributed by atoms with Crippen molar-refractivity contribution in [3.05, 3.63) is 76.9 Å². The van der Waals surface area contributed by atoms with E-state index in [1.165, 1.54) is 11.1 Å². The van der Waals surface area contributed by atoms with Gasteiger partial charge in [0, 0.05) is 12.0 Å². The molecule has 0 aliphatic heterocycles. The molecular formula is C19H20O. The molecule has 0 atom stereocenters. The van der Waals surface area contributed by atoms with Gasteiger partial charge in [0.15, 0.2) is 5.78 Å². The summed E-state index contributed by atoms with van der Waals surface area (Å²) in [5, 5.41) is 0. The number of hydrogen-bond donors (Lipinski definition) is 0. The normalized spacial score (nSPS) is 10.3. The zero-order valence-corrected chi connectivity index (χ0v) is 12.1. The molecule has 0 amide bonds. The molecule has 0 spiro atoms. The molecule has 0 radical (unpaired) electrons. The van der Waals surface area contributed by atoms with Gasteiger partial charge in [-0.2, -0.15) is 0 Å². The molecule has 0 fully saturated rings. The zero-order valence-electron chi connectivity index (χ0n) is 12.1. The fraction of sp³-hybridized carbons (Fsp3) is 0.211. The van der Waals surface area contributed by atoms with Crippen LogP contribution in [-0.2, 0) is 12.8 Å². The van der Waals surface area contributed by atoms with Gasteiger partial charge in [0.2, 0.25) is 0 Å². The van der Waals surface area contributed by atoms with Gasteiger partial charge in [-0.1, -0.05) is 56.0 Å². The van der Waals surface area contributed by atoms with Crippen LogP contribution in [0.2, 0.25) is 0 Å². The maximum absolute atomic E-state index is 12.3. The van der Waals surface area contributed by atoms with E-state index in [2.05, 4.69) is 38.6 Å². The number of benzene rings is 2.